The Hall–Kier alpha value is -1.49. The molecule has 0 aromatic carbocycles. The molecule has 17 heavy (non-hydrogen) atoms. The highest BCUT2D eigenvalue weighted by molar-refractivity contribution is 5.69. The van der Waals surface area contributed by atoms with Gasteiger partial charge in [0.25, 0.3) is 0 Å². The van der Waals surface area contributed by atoms with Crippen molar-refractivity contribution in [2.75, 3.05) is 13.1 Å². The molecule has 2 aromatic rings. The minimum atomic E-state index is 0.138. The predicted molar refractivity (Wildman–Crippen MR) is 65.8 cm³/mol. The normalized spacial score (nSPS) is 25.2. The molecule has 0 amide bonds. The van der Waals surface area contributed by atoms with Gasteiger partial charge >= 0.3 is 0 Å². The van der Waals surface area contributed by atoms with Crippen LogP contribution >= 0.6 is 0 Å². The van der Waals surface area contributed by atoms with Crippen LogP contribution in [0.15, 0.2) is 12.5 Å². The molecule has 0 bridgehead atoms. The zero-order valence-corrected chi connectivity index (χ0v) is 10.0. The van der Waals surface area contributed by atoms with Crippen LogP contribution in [-0.4, -0.2) is 33.0 Å². The second kappa shape index (κ2) is 4.07. The SMILES string of the molecule is CCC1(c2nc3ncncc3[nH]2)CCCNC1. The summed E-state index contributed by atoms with van der Waals surface area (Å²) in [5.41, 5.74) is 1.84. The molecule has 5 heteroatoms. The van der Waals surface area contributed by atoms with E-state index in [1.165, 1.54) is 12.8 Å². The van der Waals surface area contributed by atoms with Crippen molar-refractivity contribution in [1.82, 2.24) is 25.3 Å². The molecule has 5 nitrogen and oxygen atoms in total. The summed E-state index contributed by atoms with van der Waals surface area (Å²) < 4.78 is 0. The van der Waals surface area contributed by atoms with Crippen molar-refractivity contribution in [1.29, 1.82) is 0 Å². The van der Waals surface area contributed by atoms with Crippen LogP contribution < -0.4 is 5.32 Å². The van der Waals surface area contributed by atoms with Crippen LogP contribution in [0.4, 0.5) is 0 Å². The van der Waals surface area contributed by atoms with Gasteiger partial charge in [-0.2, -0.15) is 0 Å². The molecular formula is C12H17N5. The van der Waals surface area contributed by atoms with Gasteiger partial charge in [0.05, 0.1) is 6.20 Å². The Bertz CT molecular complexity index is 479. The van der Waals surface area contributed by atoms with Crippen molar-refractivity contribution < 1.29 is 0 Å². The van der Waals surface area contributed by atoms with E-state index in [0.29, 0.717) is 0 Å². The number of nitrogens with zero attached hydrogens (tertiary/aromatic N) is 3. The maximum Gasteiger partial charge on any atom is 0.180 e. The van der Waals surface area contributed by atoms with E-state index in [2.05, 4.69) is 32.2 Å². The third-order valence-corrected chi connectivity index (χ3v) is 3.81. The molecule has 0 saturated carbocycles. The smallest absolute Gasteiger partial charge is 0.180 e. The maximum atomic E-state index is 4.63. The fourth-order valence-corrected chi connectivity index (χ4v) is 2.65. The van der Waals surface area contributed by atoms with Gasteiger partial charge in [-0.05, 0) is 25.8 Å². The number of hydrogen-bond acceptors (Lipinski definition) is 4. The van der Waals surface area contributed by atoms with Gasteiger partial charge in [0, 0.05) is 12.0 Å². The lowest BCUT2D eigenvalue weighted by Crippen LogP contribution is -2.43. The van der Waals surface area contributed by atoms with Crippen LogP contribution in [0.5, 0.6) is 0 Å². The lowest BCUT2D eigenvalue weighted by atomic mass is 9.77. The third-order valence-electron chi connectivity index (χ3n) is 3.81. The fraction of sp³-hybridized carbons (Fsp3) is 0.583. The standard InChI is InChI=1S/C12H17N5/c1-2-12(4-3-5-13-7-12)11-16-9-6-14-8-15-10(9)17-11/h6,8,13H,2-5,7H2,1H3,(H,14,15,16,17). The van der Waals surface area contributed by atoms with E-state index in [9.17, 15) is 0 Å². The molecule has 90 valence electrons. The lowest BCUT2D eigenvalue weighted by molar-refractivity contribution is 0.290. The number of rotatable bonds is 2. The number of hydrogen-bond donors (Lipinski definition) is 2. The van der Waals surface area contributed by atoms with Crippen LogP contribution in [0.3, 0.4) is 0 Å². The largest absolute Gasteiger partial charge is 0.339 e. The first-order chi connectivity index (χ1) is 8.34. The van der Waals surface area contributed by atoms with Crippen LogP contribution in [0, 0.1) is 0 Å². The minimum absolute atomic E-state index is 0.138. The molecule has 0 aliphatic carbocycles. The first-order valence-corrected chi connectivity index (χ1v) is 6.21. The van der Waals surface area contributed by atoms with E-state index >= 15 is 0 Å². The molecule has 1 unspecified atom stereocenters. The molecule has 2 N–H and O–H groups in total. The molecule has 1 fully saturated rings. The summed E-state index contributed by atoms with van der Waals surface area (Å²) in [4.78, 5) is 16.2. The molecule has 3 rings (SSSR count). The highest BCUT2D eigenvalue weighted by Gasteiger charge is 2.35. The van der Waals surface area contributed by atoms with E-state index in [4.69, 9.17) is 0 Å². The first-order valence-electron chi connectivity index (χ1n) is 6.21. The minimum Gasteiger partial charge on any atom is -0.339 e. The van der Waals surface area contributed by atoms with E-state index in [1.807, 2.05) is 0 Å². The number of imidazole rings is 1. The van der Waals surface area contributed by atoms with Gasteiger partial charge < -0.3 is 10.3 Å². The number of aromatic nitrogens is 4. The van der Waals surface area contributed by atoms with Crippen molar-refractivity contribution >= 4 is 11.2 Å². The first kappa shape index (κ1) is 10.7. The Balaban J connectivity index is 2.05. The van der Waals surface area contributed by atoms with E-state index < -0.39 is 0 Å². The number of H-pyrrole nitrogens is 1. The number of aromatic amines is 1. The van der Waals surface area contributed by atoms with Crippen molar-refractivity contribution in [3.8, 4) is 0 Å². The van der Waals surface area contributed by atoms with Gasteiger partial charge in [-0.1, -0.05) is 6.92 Å². The van der Waals surface area contributed by atoms with Crippen molar-refractivity contribution in [2.45, 2.75) is 31.6 Å². The number of nitrogens with one attached hydrogen (secondary N) is 2. The Morgan fingerprint density at radius 1 is 1.47 bits per heavy atom. The highest BCUT2D eigenvalue weighted by atomic mass is 15.0. The summed E-state index contributed by atoms with van der Waals surface area (Å²) in [5, 5.41) is 3.47. The molecule has 3 heterocycles. The molecule has 1 aliphatic rings. The van der Waals surface area contributed by atoms with Gasteiger partial charge in [0.1, 0.15) is 17.7 Å². The summed E-state index contributed by atoms with van der Waals surface area (Å²) in [6.45, 7) is 4.34. The average molecular weight is 231 g/mol. The summed E-state index contributed by atoms with van der Waals surface area (Å²) in [6, 6.07) is 0. The number of piperidine rings is 1. The topological polar surface area (TPSA) is 66.5 Å². The Morgan fingerprint density at radius 2 is 2.41 bits per heavy atom. The van der Waals surface area contributed by atoms with Crippen LogP contribution in [-0.2, 0) is 5.41 Å². The monoisotopic (exact) mass is 231 g/mol. The molecule has 1 atom stereocenters. The zero-order valence-electron chi connectivity index (χ0n) is 10.0. The molecule has 0 spiro atoms. The van der Waals surface area contributed by atoms with Crippen LogP contribution in [0.2, 0.25) is 0 Å². The van der Waals surface area contributed by atoms with Gasteiger partial charge in [0.15, 0.2) is 5.65 Å². The molecule has 0 radical (unpaired) electrons. The van der Waals surface area contributed by atoms with Crippen molar-refractivity contribution in [3.63, 3.8) is 0 Å². The quantitative estimate of drug-likeness (QED) is 0.819. The van der Waals surface area contributed by atoms with Crippen LogP contribution in [0.1, 0.15) is 32.0 Å². The molecule has 1 aliphatic heterocycles. The van der Waals surface area contributed by atoms with Gasteiger partial charge in [0.2, 0.25) is 0 Å². The summed E-state index contributed by atoms with van der Waals surface area (Å²) in [7, 11) is 0. The molecular weight excluding hydrogens is 214 g/mol. The predicted octanol–water partition coefficient (Wildman–Crippen LogP) is 1.38. The maximum absolute atomic E-state index is 4.63. The van der Waals surface area contributed by atoms with Gasteiger partial charge in [-0.25, -0.2) is 15.0 Å². The second-order valence-corrected chi connectivity index (χ2v) is 4.76. The van der Waals surface area contributed by atoms with Gasteiger partial charge in [-0.3, -0.25) is 0 Å². The Morgan fingerprint density at radius 3 is 3.12 bits per heavy atom. The van der Waals surface area contributed by atoms with E-state index in [0.717, 1.165) is 36.5 Å². The Kier molecular flexibility index (Phi) is 2.55. The summed E-state index contributed by atoms with van der Waals surface area (Å²) >= 11 is 0. The summed E-state index contributed by atoms with van der Waals surface area (Å²) in [5.74, 6) is 1.06. The van der Waals surface area contributed by atoms with Crippen molar-refractivity contribution in [3.05, 3.63) is 18.3 Å². The average Bonchev–Trinajstić information content (AvgIpc) is 2.84. The summed E-state index contributed by atoms with van der Waals surface area (Å²) in [6.07, 6.45) is 6.82. The third kappa shape index (κ3) is 1.70. The molecule has 2 aromatic heterocycles. The molecule has 1 saturated heterocycles. The fourth-order valence-electron chi connectivity index (χ4n) is 2.65. The highest BCUT2D eigenvalue weighted by Crippen LogP contribution is 2.33. The zero-order chi connectivity index (χ0) is 11.7. The van der Waals surface area contributed by atoms with Gasteiger partial charge in [-0.15, -0.1) is 0 Å². The number of fused-ring (bicyclic) bond motifs is 1. The van der Waals surface area contributed by atoms with Crippen LogP contribution in [0.25, 0.3) is 11.2 Å². The second-order valence-electron chi connectivity index (χ2n) is 4.76. The van der Waals surface area contributed by atoms with Crippen molar-refractivity contribution in [2.24, 2.45) is 0 Å². The van der Waals surface area contributed by atoms with E-state index in [-0.39, 0.29) is 5.41 Å². The Labute approximate surface area is 100 Å². The van der Waals surface area contributed by atoms with E-state index in [1.54, 1.807) is 12.5 Å². The lowest BCUT2D eigenvalue weighted by Gasteiger charge is -2.35.